The van der Waals surface area contributed by atoms with Gasteiger partial charge in [-0.15, -0.1) is 48.0 Å². The first-order chi connectivity index (χ1) is 34.9. The first kappa shape index (κ1) is 46.5. The van der Waals surface area contributed by atoms with Gasteiger partial charge >= 0.3 is 0 Å². The third kappa shape index (κ3) is 8.41. The van der Waals surface area contributed by atoms with E-state index in [2.05, 4.69) is 225 Å². The molecule has 349 valence electrons. The summed E-state index contributed by atoms with van der Waals surface area (Å²) in [6, 6.07) is 81.7. The molecule has 0 spiro atoms. The van der Waals surface area contributed by atoms with Gasteiger partial charge in [-0.1, -0.05) is 195 Å². The molecule has 0 amide bonds. The molecule has 4 heterocycles. The molecule has 0 bridgehead atoms. The summed E-state index contributed by atoms with van der Waals surface area (Å²) in [6.45, 7) is 9.41. The largest absolute Gasteiger partial charge is 0.501 e. The maximum atomic E-state index is 6.73. The van der Waals surface area contributed by atoms with Crippen molar-refractivity contribution in [3.63, 3.8) is 0 Å². The third-order valence-electron chi connectivity index (χ3n) is 14.0. The van der Waals surface area contributed by atoms with E-state index in [1.165, 1.54) is 61.0 Å². The van der Waals surface area contributed by atoms with E-state index < -0.39 is 0 Å². The summed E-state index contributed by atoms with van der Waals surface area (Å²) in [4.78, 5) is 9.77. The first-order valence-corrected chi connectivity index (χ1v) is 24.6. The van der Waals surface area contributed by atoms with Gasteiger partial charge in [0.05, 0.1) is 22.4 Å². The number of pyridine rings is 1. The van der Waals surface area contributed by atoms with Gasteiger partial charge in [-0.3, -0.25) is 4.98 Å². The Bertz CT molecular complexity index is 3820. The van der Waals surface area contributed by atoms with Crippen molar-refractivity contribution in [2.45, 2.75) is 39.5 Å². The Labute approximate surface area is 435 Å². The van der Waals surface area contributed by atoms with Crippen LogP contribution in [0.1, 0.15) is 50.7 Å². The average molecular weight is 1100 g/mol. The van der Waals surface area contributed by atoms with Crippen molar-refractivity contribution < 1.29 is 24.5 Å². The summed E-state index contributed by atoms with van der Waals surface area (Å²) < 4.78 is 9.10. The number of rotatable bonds is 8. The van der Waals surface area contributed by atoms with Gasteiger partial charge in [0, 0.05) is 37.4 Å². The quantitative estimate of drug-likeness (QED) is 0.112. The van der Waals surface area contributed by atoms with Crippen LogP contribution in [0.5, 0.6) is 0 Å². The number of furan rings is 1. The van der Waals surface area contributed by atoms with Crippen LogP contribution in [0, 0.1) is 12.1 Å². The molecule has 12 aromatic rings. The predicted octanol–water partition coefficient (Wildman–Crippen LogP) is 15.0. The van der Waals surface area contributed by atoms with E-state index in [1.807, 2.05) is 42.6 Å². The van der Waals surface area contributed by atoms with E-state index in [9.17, 15) is 0 Å². The van der Waals surface area contributed by atoms with Crippen molar-refractivity contribution in [1.29, 1.82) is 0 Å². The van der Waals surface area contributed by atoms with E-state index in [0.29, 0.717) is 0 Å². The topological polar surface area (TPSA) is 43.9 Å². The van der Waals surface area contributed by atoms with Crippen molar-refractivity contribution in [1.82, 2.24) is 14.5 Å². The molecular formula is C66H50BIrN3O-2. The molecule has 1 aliphatic rings. The molecule has 72 heavy (non-hydrogen) atoms. The minimum atomic E-state index is 0. The molecule has 0 saturated carbocycles. The van der Waals surface area contributed by atoms with Gasteiger partial charge in [0.2, 0.25) is 6.71 Å². The number of hydrogen-bond acceptors (Lipinski definition) is 3. The monoisotopic (exact) mass is 1100 g/mol. The summed E-state index contributed by atoms with van der Waals surface area (Å²) in [5.41, 5.74) is 21.8. The number of fused-ring (bicyclic) bond motifs is 7. The molecule has 1 radical (unpaired) electrons. The molecule has 0 atom stereocenters. The fourth-order valence-electron chi connectivity index (χ4n) is 10.6. The van der Waals surface area contributed by atoms with E-state index in [4.69, 9.17) is 9.40 Å². The second-order valence-electron chi connectivity index (χ2n) is 19.1. The third-order valence-corrected chi connectivity index (χ3v) is 14.0. The molecule has 0 saturated heterocycles. The van der Waals surface area contributed by atoms with Gasteiger partial charge in [-0.05, 0) is 98.4 Å². The Kier molecular flexibility index (Phi) is 12.7. The molecule has 6 heteroatoms. The average Bonchev–Trinajstić information content (AvgIpc) is 4.11. The summed E-state index contributed by atoms with van der Waals surface area (Å²) in [6.07, 6.45) is 1.83. The van der Waals surface area contributed by atoms with E-state index in [-0.39, 0.29) is 38.7 Å². The minimum absolute atomic E-state index is 0. The zero-order chi connectivity index (χ0) is 48.0. The van der Waals surface area contributed by atoms with Crippen LogP contribution in [-0.2, 0) is 20.1 Å². The van der Waals surface area contributed by atoms with Crippen LogP contribution in [0.2, 0.25) is 0 Å². The van der Waals surface area contributed by atoms with Crippen molar-refractivity contribution >= 4 is 56.1 Å². The van der Waals surface area contributed by atoms with E-state index >= 15 is 0 Å². The molecule has 0 unspecified atom stereocenters. The fourth-order valence-corrected chi connectivity index (χ4v) is 10.6. The van der Waals surface area contributed by atoms with Gasteiger partial charge in [-0.2, -0.15) is 5.46 Å². The number of benzene rings is 9. The standard InChI is InChI=1S/C43H35N2O.C23H15BN.Ir/c1-27(2)36-24-32(30-16-9-6-10-17-30)25-37(28(3)4)41(36)45-39-21-12-11-20-38(39)44-43(45)35-19-13-18-34-33-23-22-31(26-40(33)46-42(34)35)29-14-7-5-8-15-29;1-3-12-21-19(10-1)20-11-2-4-13-22(20)24(21)18-9-7-8-17(16-18)23-14-5-6-15-25-23;/h5-18,20-28H,1-4H3;1-7,9-16H;/q2*-1;. The molecule has 0 N–H and O–H groups in total. The fraction of sp³-hybridized carbons (Fsp3) is 0.0909. The minimum Gasteiger partial charge on any atom is -0.501 e. The SMILES string of the molecule is CC(C)c1cc(-c2ccccc2)cc(C(C)C)c1-n1c(-c2[c-]ccc3c2oc2cc(-c4ccccc4)ccc23)nc2ccccc21.[Ir].[c-]1ccc(B2c3ccccc3-c3ccccc32)cc1-c1ccccn1. The van der Waals surface area contributed by atoms with Crippen LogP contribution in [0.4, 0.5) is 0 Å². The number of imidazole rings is 1. The van der Waals surface area contributed by atoms with Gasteiger partial charge in [0.15, 0.2) is 0 Å². The number of nitrogens with zero attached hydrogens (tertiary/aromatic N) is 3. The molecule has 0 fully saturated rings. The zero-order valence-corrected chi connectivity index (χ0v) is 43.0. The molecule has 1 aliphatic heterocycles. The molecule has 3 aromatic heterocycles. The Hall–Kier alpha value is -7.89. The molecular weight excluding hydrogens is 1050 g/mol. The summed E-state index contributed by atoms with van der Waals surface area (Å²) in [5, 5.41) is 2.15. The second-order valence-corrected chi connectivity index (χ2v) is 19.1. The number of aromatic nitrogens is 3. The first-order valence-electron chi connectivity index (χ1n) is 24.6. The van der Waals surface area contributed by atoms with Gasteiger partial charge in [0.25, 0.3) is 0 Å². The number of para-hydroxylation sites is 2. The molecule has 0 aliphatic carbocycles. The summed E-state index contributed by atoms with van der Waals surface area (Å²) in [5.74, 6) is 1.41. The van der Waals surface area contributed by atoms with Crippen molar-refractivity contribution in [2.75, 3.05) is 0 Å². The van der Waals surface area contributed by atoms with E-state index in [1.54, 1.807) is 0 Å². The van der Waals surface area contributed by atoms with Gasteiger partial charge < -0.3 is 14.0 Å². The van der Waals surface area contributed by atoms with Gasteiger partial charge in [-0.25, -0.2) is 0 Å². The predicted molar refractivity (Wildman–Crippen MR) is 297 cm³/mol. The smallest absolute Gasteiger partial charge is 0.224 e. The molecule has 4 nitrogen and oxygen atoms in total. The normalized spacial score (nSPS) is 11.7. The Morgan fingerprint density at radius 3 is 1.81 bits per heavy atom. The molecule has 9 aromatic carbocycles. The van der Waals surface area contributed by atoms with Gasteiger partial charge in [0.1, 0.15) is 5.58 Å². The molecule has 13 rings (SSSR count). The second kappa shape index (κ2) is 19.7. The van der Waals surface area contributed by atoms with Crippen LogP contribution >= 0.6 is 0 Å². The van der Waals surface area contributed by atoms with Crippen molar-refractivity contribution in [3.8, 4) is 61.7 Å². The maximum Gasteiger partial charge on any atom is 0.224 e. The number of hydrogen-bond donors (Lipinski definition) is 0. The zero-order valence-electron chi connectivity index (χ0n) is 40.6. The van der Waals surface area contributed by atoms with Crippen LogP contribution in [0.3, 0.4) is 0 Å². The van der Waals surface area contributed by atoms with Crippen LogP contribution in [0.15, 0.2) is 223 Å². The Balaban J connectivity index is 0.000000181. The summed E-state index contributed by atoms with van der Waals surface area (Å²) in [7, 11) is 0. The Morgan fingerprint density at radius 2 is 1.14 bits per heavy atom. The van der Waals surface area contributed by atoms with Crippen molar-refractivity contribution in [2.24, 2.45) is 0 Å². The van der Waals surface area contributed by atoms with Crippen LogP contribution in [-0.4, -0.2) is 21.2 Å². The van der Waals surface area contributed by atoms with Crippen molar-refractivity contribution in [3.05, 3.63) is 242 Å². The Morgan fingerprint density at radius 1 is 0.528 bits per heavy atom. The van der Waals surface area contributed by atoms with E-state index in [0.717, 1.165) is 61.2 Å². The summed E-state index contributed by atoms with van der Waals surface area (Å²) >= 11 is 0. The maximum absolute atomic E-state index is 6.73. The van der Waals surface area contributed by atoms with Crippen LogP contribution < -0.4 is 16.4 Å². The van der Waals surface area contributed by atoms with Crippen LogP contribution in [0.25, 0.3) is 94.7 Å².